The van der Waals surface area contributed by atoms with E-state index >= 15 is 0 Å². The molecule has 7 nitrogen and oxygen atoms in total. The number of rotatable bonds is 9. The predicted octanol–water partition coefficient (Wildman–Crippen LogP) is 4.64. The van der Waals surface area contributed by atoms with Crippen molar-refractivity contribution in [2.45, 2.75) is 32.0 Å². The standard InChI is InChI=1S/C29H34N2O5/c1-19(30-29(32)22-7-6-8-24(15-22)34-3)28-25-17-27(36-5)26(35-4)16-21(25)13-14-31(28)18-20-9-11-23(33-2)12-10-20/h6-12,15-17,19,28H,13-14,18H2,1-5H3,(H,30,32). The Kier molecular flexibility index (Phi) is 8.00. The van der Waals surface area contributed by atoms with E-state index in [1.54, 1.807) is 40.6 Å². The van der Waals surface area contributed by atoms with Gasteiger partial charge < -0.3 is 24.3 Å². The third-order valence-corrected chi connectivity index (χ3v) is 6.73. The van der Waals surface area contributed by atoms with Crippen molar-refractivity contribution in [2.75, 3.05) is 35.0 Å². The van der Waals surface area contributed by atoms with Crippen LogP contribution < -0.4 is 24.3 Å². The largest absolute Gasteiger partial charge is 0.497 e. The first-order valence-electron chi connectivity index (χ1n) is 12.0. The summed E-state index contributed by atoms with van der Waals surface area (Å²) in [6.45, 7) is 3.63. The number of benzene rings is 3. The lowest BCUT2D eigenvalue weighted by atomic mass is 9.87. The van der Waals surface area contributed by atoms with Gasteiger partial charge in [-0.05, 0) is 72.5 Å². The van der Waals surface area contributed by atoms with Gasteiger partial charge in [-0.2, -0.15) is 0 Å². The molecule has 3 aromatic carbocycles. The fourth-order valence-corrected chi connectivity index (χ4v) is 4.89. The molecule has 0 saturated heterocycles. The van der Waals surface area contributed by atoms with Crippen LogP contribution in [0.2, 0.25) is 0 Å². The second kappa shape index (κ2) is 11.4. The summed E-state index contributed by atoms with van der Waals surface area (Å²) in [5.41, 5.74) is 4.07. The van der Waals surface area contributed by atoms with Crippen LogP contribution in [0.15, 0.2) is 60.7 Å². The Morgan fingerprint density at radius 3 is 2.28 bits per heavy atom. The molecule has 190 valence electrons. The Morgan fingerprint density at radius 1 is 0.917 bits per heavy atom. The van der Waals surface area contributed by atoms with Gasteiger partial charge in [0.15, 0.2) is 11.5 Å². The number of hydrogen-bond donors (Lipinski definition) is 1. The van der Waals surface area contributed by atoms with Gasteiger partial charge in [0.05, 0.1) is 34.5 Å². The molecule has 1 aliphatic heterocycles. The molecular weight excluding hydrogens is 456 g/mol. The monoisotopic (exact) mass is 490 g/mol. The molecule has 0 aromatic heterocycles. The molecule has 0 spiro atoms. The van der Waals surface area contributed by atoms with Crippen molar-refractivity contribution in [3.05, 3.63) is 82.9 Å². The Bertz CT molecular complexity index is 1190. The summed E-state index contributed by atoms with van der Waals surface area (Å²) >= 11 is 0. The molecule has 1 aliphatic rings. The fraction of sp³-hybridized carbons (Fsp3) is 0.345. The molecule has 2 atom stereocenters. The highest BCUT2D eigenvalue weighted by Gasteiger charge is 2.34. The van der Waals surface area contributed by atoms with Crippen LogP contribution in [0.1, 0.15) is 40.0 Å². The van der Waals surface area contributed by atoms with E-state index in [1.807, 2.05) is 30.3 Å². The molecule has 7 heteroatoms. The lowest BCUT2D eigenvalue weighted by Gasteiger charge is -2.41. The first-order chi connectivity index (χ1) is 17.5. The fourth-order valence-electron chi connectivity index (χ4n) is 4.89. The normalized spacial score (nSPS) is 16.0. The molecule has 0 saturated carbocycles. The van der Waals surface area contributed by atoms with Gasteiger partial charge >= 0.3 is 0 Å². The molecule has 2 unspecified atom stereocenters. The number of nitrogens with zero attached hydrogens (tertiary/aromatic N) is 1. The van der Waals surface area contributed by atoms with Crippen LogP contribution in [0.3, 0.4) is 0 Å². The Labute approximate surface area is 212 Å². The van der Waals surface area contributed by atoms with E-state index in [4.69, 9.17) is 18.9 Å². The lowest BCUT2D eigenvalue weighted by molar-refractivity contribution is 0.0877. The van der Waals surface area contributed by atoms with Crippen LogP contribution in [0, 0.1) is 0 Å². The van der Waals surface area contributed by atoms with Crippen molar-refractivity contribution in [2.24, 2.45) is 0 Å². The van der Waals surface area contributed by atoms with E-state index in [0.29, 0.717) is 22.8 Å². The van der Waals surface area contributed by atoms with Gasteiger partial charge in [-0.1, -0.05) is 18.2 Å². The van der Waals surface area contributed by atoms with E-state index in [-0.39, 0.29) is 18.0 Å². The van der Waals surface area contributed by atoms with E-state index in [1.165, 1.54) is 11.1 Å². The zero-order valence-electron chi connectivity index (χ0n) is 21.5. The minimum atomic E-state index is -0.181. The summed E-state index contributed by atoms with van der Waals surface area (Å²) in [4.78, 5) is 15.6. The van der Waals surface area contributed by atoms with E-state index in [2.05, 4.69) is 35.3 Å². The maximum Gasteiger partial charge on any atom is 0.251 e. The predicted molar refractivity (Wildman–Crippen MR) is 139 cm³/mol. The molecule has 36 heavy (non-hydrogen) atoms. The summed E-state index contributed by atoms with van der Waals surface area (Å²) in [7, 11) is 6.56. The molecular formula is C29H34N2O5. The van der Waals surface area contributed by atoms with Crippen LogP contribution >= 0.6 is 0 Å². The topological polar surface area (TPSA) is 69.3 Å². The van der Waals surface area contributed by atoms with Gasteiger partial charge in [-0.15, -0.1) is 0 Å². The number of carbonyl (C=O) groups excluding carboxylic acids is 1. The maximum atomic E-state index is 13.2. The zero-order chi connectivity index (χ0) is 25.7. The maximum absolute atomic E-state index is 13.2. The number of amides is 1. The Balaban J connectivity index is 1.66. The quantitative estimate of drug-likeness (QED) is 0.471. The average molecular weight is 491 g/mol. The average Bonchev–Trinajstić information content (AvgIpc) is 2.92. The molecule has 1 heterocycles. The van der Waals surface area contributed by atoms with Gasteiger partial charge in [-0.25, -0.2) is 0 Å². The molecule has 4 rings (SSSR count). The molecule has 0 fully saturated rings. The van der Waals surface area contributed by atoms with E-state index in [9.17, 15) is 4.79 Å². The number of hydrogen-bond acceptors (Lipinski definition) is 6. The van der Waals surface area contributed by atoms with Crippen molar-refractivity contribution in [3.63, 3.8) is 0 Å². The molecule has 3 aromatic rings. The number of methoxy groups -OCH3 is 4. The van der Waals surface area contributed by atoms with Gasteiger partial charge in [0, 0.05) is 24.7 Å². The SMILES string of the molecule is COc1ccc(CN2CCc3cc(OC)c(OC)cc3C2C(C)NC(=O)c2cccc(OC)c2)cc1. The second-order valence-corrected chi connectivity index (χ2v) is 8.91. The first kappa shape index (κ1) is 25.4. The zero-order valence-corrected chi connectivity index (χ0v) is 21.5. The Hall–Kier alpha value is -3.71. The van der Waals surface area contributed by atoms with Gasteiger partial charge in [0.25, 0.3) is 5.91 Å². The number of nitrogens with one attached hydrogen (secondary N) is 1. The number of carbonyl (C=O) groups is 1. The molecule has 1 N–H and O–H groups in total. The van der Waals surface area contributed by atoms with Crippen molar-refractivity contribution in [1.29, 1.82) is 0 Å². The minimum Gasteiger partial charge on any atom is -0.497 e. The Morgan fingerprint density at radius 2 is 1.61 bits per heavy atom. The summed E-state index contributed by atoms with van der Waals surface area (Å²) < 4.78 is 21.8. The summed E-state index contributed by atoms with van der Waals surface area (Å²) in [5, 5.41) is 3.23. The highest BCUT2D eigenvalue weighted by molar-refractivity contribution is 5.94. The van der Waals surface area contributed by atoms with E-state index in [0.717, 1.165) is 30.8 Å². The van der Waals surface area contributed by atoms with Crippen molar-refractivity contribution < 1.29 is 23.7 Å². The summed E-state index contributed by atoms with van der Waals surface area (Å²) in [6, 6.07) is 19.2. The smallest absolute Gasteiger partial charge is 0.251 e. The lowest BCUT2D eigenvalue weighted by Crippen LogP contribution is -2.47. The molecule has 0 bridgehead atoms. The first-order valence-corrected chi connectivity index (χ1v) is 12.0. The van der Waals surface area contributed by atoms with Crippen LogP contribution in [-0.4, -0.2) is 51.8 Å². The summed E-state index contributed by atoms with van der Waals surface area (Å²) in [5.74, 6) is 2.73. The molecule has 0 radical (unpaired) electrons. The van der Waals surface area contributed by atoms with E-state index < -0.39 is 0 Å². The van der Waals surface area contributed by atoms with Gasteiger partial charge in [0.2, 0.25) is 0 Å². The highest BCUT2D eigenvalue weighted by Crippen LogP contribution is 2.40. The number of ether oxygens (including phenoxy) is 4. The third-order valence-electron chi connectivity index (χ3n) is 6.73. The van der Waals surface area contributed by atoms with Gasteiger partial charge in [0.1, 0.15) is 11.5 Å². The van der Waals surface area contributed by atoms with Gasteiger partial charge in [-0.3, -0.25) is 9.69 Å². The summed E-state index contributed by atoms with van der Waals surface area (Å²) in [6.07, 6.45) is 0.874. The number of fused-ring (bicyclic) bond motifs is 1. The highest BCUT2D eigenvalue weighted by atomic mass is 16.5. The van der Waals surface area contributed by atoms with Crippen LogP contribution in [0.5, 0.6) is 23.0 Å². The molecule has 0 aliphatic carbocycles. The van der Waals surface area contributed by atoms with Crippen molar-refractivity contribution in [1.82, 2.24) is 10.2 Å². The van der Waals surface area contributed by atoms with Crippen molar-refractivity contribution in [3.8, 4) is 23.0 Å². The molecule has 1 amide bonds. The third kappa shape index (κ3) is 5.41. The second-order valence-electron chi connectivity index (χ2n) is 8.91. The van der Waals surface area contributed by atoms with Crippen LogP contribution in [0.25, 0.3) is 0 Å². The van der Waals surface area contributed by atoms with Crippen molar-refractivity contribution >= 4 is 5.91 Å². The minimum absolute atomic E-state index is 0.0646. The van der Waals surface area contributed by atoms with Crippen LogP contribution in [-0.2, 0) is 13.0 Å². The van der Waals surface area contributed by atoms with Crippen LogP contribution in [0.4, 0.5) is 0 Å².